The highest BCUT2D eigenvalue weighted by Gasteiger charge is 2.15. The Hall–Kier alpha value is -0.120. The van der Waals surface area contributed by atoms with Gasteiger partial charge in [-0.3, -0.25) is 0 Å². The lowest BCUT2D eigenvalue weighted by atomic mass is 10.1. The molecule has 1 fully saturated rings. The smallest absolute Gasteiger partial charge is 0.0564 e. The van der Waals surface area contributed by atoms with Crippen LogP contribution in [0.2, 0.25) is 0 Å². The molecule has 1 aliphatic heterocycles. The van der Waals surface area contributed by atoms with Crippen LogP contribution in [0.15, 0.2) is 0 Å². The Morgan fingerprint density at radius 3 is 2.67 bits per heavy atom. The van der Waals surface area contributed by atoms with E-state index in [1.54, 1.807) is 0 Å². The van der Waals surface area contributed by atoms with E-state index in [1.807, 2.05) is 0 Å². The summed E-state index contributed by atoms with van der Waals surface area (Å²) in [6, 6.07) is 0. The van der Waals surface area contributed by atoms with E-state index in [9.17, 15) is 5.11 Å². The third kappa shape index (κ3) is 3.52. The fraction of sp³-hybridized carbons (Fsp3) is 1.00. The van der Waals surface area contributed by atoms with E-state index in [0.717, 1.165) is 45.6 Å². The molecule has 72 valence electrons. The summed E-state index contributed by atoms with van der Waals surface area (Å²) in [6.45, 7) is 7.50. The number of hydrogen-bond donors (Lipinski definition) is 2. The van der Waals surface area contributed by atoms with Crippen molar-refractivity contribution in [1.82, 2.24) is 10.2 Å². The lowest BCUT2D eigenvalue weighted by Gasteiger charge is -2.29. The van der Waals surface area contributed by atoms with Crippen molar-refractivity contribution in [2.24, 2.45) is 0 Å². The third-order valence-electron chi connectivity index (χ3n) is 2.41. The van der Waals surface area contributed by atoms with Crippen molar-refractivity contribution in [1.29, 1.82) is 0 Å². The summed E-state index contributed by atoms with van der Waals surface area (Å²) < 4.78 is 0. The summed E-state index contributed by atoms with van der Waals surface area (Å²) in [7, 11) is 0. The standard InChI is InChI=1S/C9H20N2O/c1-2-10-5-8-11-6-3-9(12)4-7-11/h9-10,12H,2-8H2,1H3. The van der Waals surface area contributed by atoms with Crippen LogP contribution in [-0.4, -0.2) is 48.8 Å². The Kier molecular flexibility index (Phi) is 4.58. The molecule has 0 spiro atoms. The van der Waals surface area contributed by atoms with Crippen LogP contribution in [0.4, 0.5) is 0 Å². The van der Waals surface area contributed by atoms with Crippen molar-refractivity contribution in [3.63, 3.8) is 0 Å². The molecule has 0 bridgehead atoms. The zero-order valence-electron chi connectivity index (χ0n) is 7.92. The van der Waals surface area contributed by atoms with Crippen molar-refractivity contribution in [2.75, 3.05) is 32.7 Å². The first kappa shape index (κ1) is 9.96. The summed E-state index contributed by atoms with van der Waals surface area (Å²) in [5.74, 6) is 0. The summed E-state index contributed by atoms with van der Waals surface area (Å²) in [5.41, 5.74) is 0. The Morgan fingerprint density at radius 1 is 1.42 bits per heavy atom. The molecule has 0 saturated carbocycles. The molecule has 0 amide bonds. The van der Waals surface area contributed by atoms with Crippen molar-refractivity contribution in [3.8, 4) is 0 Å². The van der Waals surface area contributed by atoms with Crippen molar-refractivity contribution < 1.29 is 5.11 Å². The quantitative estimate of drug-likeness (QED) is 0.588. The minimum absolute atomic E-state index is 0.0413. The Balaban J connectivity index is 2.01. The Labute approximate surface area is 74.8 Å². The molecular weight excluding hydrogens is 152 g/mol. The first-order valence-corrected chi connectivity index (χ1v) is 4.94. The third-order valence-corrected chi connectivity index (χ3v) is 2.41. The SMILES string of the molecule is CCNCCN1CCC(O)CC1. The van der Waals surface area contributed by atoms with E-state index in [0.29, 0.717) is 0 Å². The van der Waals surface area contributed by atoms with Crippen LogP contribution >= 0.6 is 0 Å². The van der Waals surface area contributed by atoms with Gasteiger partial charge in [0.05, 0.1) is 6.10 Å². The van der Waals surface area contributed by atoms with Crippen LogP contribution in [0.1, 0.15) is 19.8 Å². The molecule has 0 aliphatic carbocycles. The molecule has 0 radical (unpaired) electrons. The molecule has 3 nitrogen and oxygen atoms in total. The number of hydrogen-bond acceptors (Lipinski definition) is 3. The molecule has 0 aromatic rings. The largest absolute Gasteiger partial charge is 0.393 e. The van der Waals surface area contributed by atoms with Gasteiger partial charge in [0.25, 0.3) is 0 Å². The highest BCUT2D eigenvalue weighted by molar-refractivity contribution is 4.71. The maximum absolute atomic E-state index is 9.26. The van der Waals surface area contributed by atoms with Gasteiger partial charge in [-0.1, -0.05) is 6.92 Å². The maximum atomic E-state index is 9.26. The van der Waals surface area contributed by atoms with Crippen molar-refractivity contribution >= 4 is 0 Å². The van der Waals surface area contributed by atoms with Gasteiger partial charge in [-0.05, 0) is 19.4 Å². The highest BCUT2D eigenvalue weighted by Crippen LogP contribution is 2.08. The molecule has 1 heterocycles. The molecule has 2 N–H and O–H groups in total. The predicted octanol–water partition coefficient (Wildman–Crippen LogP) is 0.0526. The maximum Gasteiger partial charge on any atom is 0.0564 e. The Bertz CT molecular complexity index is 111. The molecule has 12 heavy (non-hydrogen) atoms. The first-order valence-electron chi connectivity index (χ1n) is 4.94. The predicted molar refractivity (Wildman–Crippen MR) is 50.2 cm³/mol. The van der Waals surface area contributed by atoms with Gasteiger partial charge in [0, 0.05) is 26.2 Å². The summed E-state index contributed by atoms with van der Waals surface area (Å²) in [5, 5.41) is 12.6. The number of likely N-dealkylation sites (tertiary alicyclic amines) is 1. The monoisotopic (exact) mass is 172 g/mol. The highest BCUT2D eigenvalue weighted by atomic mass is 16.3. The van der Waals surface area contributed by atoms with Crippen LogP contribution in [0, 0.1) is 0 Å². The number of aliphatic hydroxyl groups excluding tert-OH is 1. The number of nitrogens with zero attached hydrogens (tertiary/aromatic N) is 1. The van der Waals surface area contributed by atoms with E-state index in [2.05, 4.69) is 17.1 Å². The molecular formula is C9H20N2O. The van der Waals surface area contributed by atoms with Gasteiger partial charge >= 0.3 is 0 Å². The minimum Gasteiger partial charge on any atom is -0.393 e. The topological polar surface area (TPSA) is 35.5 Å². The van der Waals surface area contributed by atoms with Gasteiger partial charge in [0.15, 0.2) is 0 Å². The lowest BCUT2D eigenvalue weighted by Crippen LogP contribution is -2.39. The fourth-order valence-electron chi connectivity index (χ4n) is 1.56. The molecule has 0 unspecified atom stereocenters. The first-order chi connectivity index (χ1) is 5.83. The molecule has 1 rings (SSSR count). The molecule has 0 aromatic heterocycles. The normalized spacial score (nSPS) is 21.5. The fourth-order valence-corrected chi connectivity index (χ4v) is 1.56. The minimum atomic E-state index is -0.0413. The van der Waals surface area contributed by atoms with Gasteiger partial charge in [0.1, 0.15) is 0 Å². The molecule has 1 saturated heterocycles. The van der Waals surface area contributed by atoms with Crippen LogP contribution in [0.5, 0.6) is 0 Å². The van der Waals surface area contributed by atoms with Crippen LogP contribution < -0.4 is 5.32 Å². The molecule has 0 atom stereocenters. The number of likely N-dealkylation sites (N-methyl/N-ethyl adjacent to an activating group) is 1. The van der Waals surface area contributed by atoms with Gasteiger partial charge in [0.2, 0.25) is 0 Å². The average molecular weight is 172 g/mol. The zero-order chi connectivity index (χ0) is 8.81. The summed E-state index contributed by atoms with van der Waals surface area (Å²) >= 11 is 0. The van der Waals surface area contributed by atoms with Crippen LogP contribution in [-0.2, 0) is 0 Å². The average Bonchev–Trinajstić information content (AvgIpc) is 2.09. The van der Waals surface area contributed by atoms with Gasteiger partial charge in [-0.15, -0.1) is 0 Å². The zero-order valence-corrected chi connectivity index (χ0v) is 7.92. The number of aliphatic hydroxyl groups is 1. The van der Waals surface area contributed by atoms with E-state index in [4.69, 9.17) is 0 Å². The van der Waals surface area contributed by atoms with Gasteiger partial charge < -0.3 is 15.3 Å². The van der Waals surface area contributed by atoms with Crippen LogP contribution in [0.25, 0.3) is 0 Å². The van der Waals surface area contributed by atoms with Crippen molar-refractivity contribution in [2.45, 2.75) is 25.9 Å². The molecule has 0 aromatic carbocycles. The van der Waals surface area contributed by atoms with E-state index < -0.39 is 0 Å². The van der Waals surface area contributed by atoms with E-state index >= 15 is 0 Å². The van der Waals surface area contributed by atoms with E-state index in [1.165, 1.54) is 0 Å². The van der Waals surface area contributed by atoms with Gasteiger partial charge in [-0.25, -0.2) is 0 Å². The van der Waals surface area contributed by atoms with Crippen LogP contribution in [0.3, 0.4) is 0 Å². The second-order valence-electron chi connectivity index (χ2n) is 3.43. The number of rotatable bonds is 4. The second kappa shape index (κ2) is 5.51. The Morgan fingerprint density at radius 2 is 2.08 bits per heavy atom. The number of piperidine rings is 1. The molecule has 3 heteroatoms. The summed E-state index contributed by atoms with van der Waals surface area (Å²) in [4.78, 5) is 2.41. The summed E-state index contributed by atoms with van der Waals surface area (Å²) in [6.07, 6.45) is 1.86. The number of nitrogens with one attached hydrogen (secondary N) is 1. The van der Waals surface area contributed by atoms with Gasteiger partial charge in [-0.2, -0.15) is 0 Å². The van der Waals surface area contributed by atoms with E-state index in [-0.39, 0.29) is 6.10 Å². The second-order valence-corrected chi connectivity index (χ2v) is 3.43. The van der Waals surface area contributed by atoms with Crippen molar-refractivity contribution in [3.05, 3.63) is 0 Å². The lowest BCUT2D eigenvalue weighted by molar-refractivity contribution is 0.0831. The molecule has 1 aliphatic rings.